The molecule has 0 bridgehead atoms. The van der Waals surface area contributed by atoms with Gasteiger partial charge in [-0.25, -0.2) is 18.8 Å². The van der Waals surface area contributed by atoms with Gasteiger partial charge in [-0.15, -0.1) is 0 Å². The second-order valence-corrected chi connectivity index (χ2v) is 12.5. The highest BCUT2D eigenvalue weighted by atomic mass is 19.1. The number of aryl methyl sites for hydroxylation is 1. The van der Waals surface area contributed by atoms with Crippen LogP contribution in [0, 0.1) is 11.7 Å². The van der Waals surface area contributed by atoms with Gasteiger partial charge in [0.1, 0.15) is 11.4 Å². The van der Waals surface area contributed by atoms with E-state index in [9.17, 15) is 29.1 Å². The Kier molecular flexibility index (Phi) is 11.5. The summed E-state index contributed by atoms with van der Waals surface area (Å²) < 4.78 is 32.8. The van der Waals surface area contributed by atoms with Crippen LogP contribution < -0.4 is 10.3 Å². The van der Waals surface area contributed by atoms with E-state index in [-0.39, 0.29) is 37.3 Å². The molecular formula is C35H42FN3O9. The number of aromatic carboxylic acids is 1. The van der Waals surface area contributed by atoms with Crippen LogP contribution in [0.5, 0.6) is 0 Å². The number of fused-ring (bicyclic) bond motifs is 1. The predicted molar refractivity (Wildman–Crippen MR) is 176 cm³/mol. The third-order valence-corrected chi connectivity index (χ3v) is 8.05. The van der Waals surface area contributed by atoms with E-state index >= 15 is 4.39 Å². The summed E-state index contributed by atoms with van der Waals surface area (Å²) in [5.41, 5.74) is 1.12. The molecule has 12 nitrogen and oxygen atoms in total. The number of aromatic nitrogens is 1. The molecular weight excluding hydrogens is 625 g/mol. The highest BCUT2D eigenvalue weighted by molar-refractivity contribution is 5.93. The van der Waals surface area contributed by atoms with E-state index in [4.69, 9.17) is 14.2 Å². The number of halogens is 1. The summed E-state index contributed by atoms with van der Waals surface area (Å²) in [7, 11) is 0. The Bertz CT molecular complexity index is 1730. The number of rotatable bonds is 11. The van der Waals surface area contributed by atoms with Gasteiger partial charge in [0.2, 0.25) is 5.43 Å². The number of ether oxygens (including phenoxy) is 3. The molecule has 1 N–H and O–H groups in total. The molecule has 4 rings (SSSR count). The Morgan fingerprint density at radius 2 is 1.54 bits per heavy atom. The largest absolute Gasteiger partial charge is 0.477 e. The van der Waals surface area contributed by atoms with E-state index in [2.05, 4.69) is 13.8 Å². The molecule has 2 aromatic carbocycles. The number of hydrogen-bond donors (Lipinski definition) is 1. The van der Waals surface area contributed by atoms with Gasteiger partial charge in [0.15, 0.2) is 0 Å². The lowest BCUT2D eigenvalue weighted by atomic mass is 9.97. The maximum atomic E-state index is 15.3. The zero-order chi connectivity index (χ0) is 35.3. The number of carbonyl (C=O) groups excluding carboxylic acids is 3. The number of nitrogens with zero attached hydrogens (tertiary/aromatic N) is 3. The number of benzene rings is 2. The maximum Gasteiger partial charge on any atom is 0.413 e. The Hall–Kier alpha value is -4.94. The van der Waals surface area contributed by atoms with Crippen molar-refractivity contribution in [1.29, 1.82) is 0 Å². The maximum absolute atomic E-state index is 15.3. The summed E-state index contributed by atoms with van der Waals surface area (Å²) in [6.45, 7) is 11.7. The highest BCUT2D eigenvalue weighted by Crippen LogP contribution is 2.27. The third-order valence-electron chi connectivity index (χ3n) is 8.05. The molecule has 1 amide bonds. The van der Waals surface area contributed by atoms with Crippen molar-refractivity contribution in [2.24, 2.45) is 5.92 Å². The fourth-order valence-electron chi connectivity index (χ4n) is 5.52. The van der Waals surface area contributed by atoms with Gasteiger partial charge in [-0.05, 0) is 63.3 Å². The van der Waals surface area contributed by atoms with Gasteiger partial charge in [-0.1, -0.05) is 38.1 Å². The fraction of sp³-hybridized carbons (Fsp3) is 0.457. The van der Waals surface area contributed by atoms with Crippen LogP contribution in [0.1, 0.15) is 68.9 Å². The van der Waals surface area contributed by atoms with Crippen LogP contribution in [0.4, 0.5) is 14.9 Å². The number of hydrogen-bond acceptors (Lipinski definition) is 9. The Balaban J connectivity index is 1.45. The minimum atomic E-state index is -1.94. The van der Waals surface area contributed by atoms with Crippen molar-refractivity contribution in [1.82, 2.24) is 9.47 Å². The molecule has 0 saturated carbocycles. The minimum Gasteiger partial charge on any atom is -0.477 e. The number of anilines is 1. The first-order valence-corrected chi connectivity index (χ1v) is 16.0. The number of esters is 2. The summed E-state index contributed by atoms with van der Waals surface area (Å²) in [4.78, 5) is 66.3. The fourth-order valence-corrected chi connectivity index (χ4v) is 5.52. The molecule has 258 valence electrons. The molecule has 0 spiro atoms. The Morgan fingerprint density at radius 3 is 2.10 bits per heavy atom. The summed E-state index contributed by atoms with van der Waals surface area (Å²) in [6.07, 6.45) is -1.30. The molecule has 0 aliphatic carbocycles. The third kappa shape index (κ3) is 8.31. The number of pyridine rings is 1. The second kappa shape index (κ2) is 15.3. The summed E-state index contributed by atoms with van der Waals surface area (Å²) >= 11 is 0. The Morgan fingerprint density at radius 1 is 0.896 bits per heavy atom. The molecule has 1 saturated heterocycles. The molecule has 1 fully saturated rings. The van der Waals surface area contributed by atoms with Crippen molar-refractivity contribution in [2.75, 3.05) is 31.1 Å². The lowest BCUT2D eigenvalue weighted by Gasteiger charge is -2.36. The molecule has 13 heteroatoms. The SMILES string of the molecule is CCn1cc(C(=O)O)c(=O)c2cc(F)c(N3CCN(C(=O)OC(OC(=O)C(C)c4ccc(CC(C)C)cc4)C(=O)OC(C)C)CC3)cc21. The molecule has 1 aliphatic rings. The van der Waals surface area contributed by atoms with Crippen LogP contribution in [0.3, 0.4) is 0 Å². The van der Waals surface area contributed by atoms with Crippen molar-refractivity contribution >= 4 is 40.6 Å². The lowest BCUT2D eigenvalue weighted by Crippen LogP contribution is -2.50. The molecule has 0 radical (unpaired) electrons. The average molecular weight is 668 g/mol. The van der Waals surface area contributed by atoms with E-state index < -0.39 is 59.1 Å². The summed E-state index contributed by atoms with van der Waals surface area (Å²) in [5, 5.41) is 9.35. The number of carbonyl (C=O) groups is 4. The van der Waals surface area contributed by atoms with E-state index in [1.165, 1.54) is 17.2 Å². The zero-order valence-corrected chi connectivity index (χ0v) is 28.0. The van der Waals surface area contributed by atoms with Gasteiger partial charge in [0, 0.05) is 44.3 Å². The summed E-state index contributed by atoms with van der Waals surface area (Å²) in [6, 6.07) is 10.0. The van der Waals surface area contributed by atoms with E-state index in [1.54, 1.807) is 37.2 Å². The van der Waals surface area contributed by atoms with Crippen LogP contribution in [0.15, 0.2) is 47.4 Å². The van der Waals surface area contributed by atoms with E-state index in [0.29, 0.717) is 23.5 Å². The molecule has 3 aromatic rings. The number of carboxylic acid groups (broad SMARTS) is 1. The molecule has 48 heavy (non-hydrogen) atoms. The second-order valence-electron chi connectivity index (χ2n) is 12.5. The van der Waals surface area contributed by atoms with Gasteiger partial charge in [-0.2, -0.15) is 0 Å². The predicted octanol–water partition coefficient (Wildman–Crippen LogP) is 4.94. The van der Waals surface area contributed by atoms with Crippen molar-refractivity contribution in [2.45, 2.75) is 72.8 Å². The van der Waals surface area contributed by atoms with E-state index in [1.807, 2.05) is 24.3 Å². The molecule has 2 heterocycles. The molecule has 1 aliphatic heterocycles. The van der Waals surface area contributed by atoms with Crippen molar-refractivity contribution in [3.8, 4) is 0 Å². The normalized spacial score (nSPS) is 14.6. The van der Waals surface area contributed by atoms with Crippen LogP contribution >= 0.6 is 0 Å². The first-order valence-electron chi connectivity index (χ1n) is 16.0. The first kappa shape index (κ1) is 35.9. The minimum absolute atomic E-state index is 0.0495. The van der Waals surface area contributed by atoms with Crippen LogP contribution in [-0.4, -0.2) is 77.1 Å². The summed E-state index contributed by atoms with van der Waals surface area (Å²) in [5.74, 6) is -4.20. The van der Waals surface area contributed by atoms with Crippen molar-refractivity contribution < 1.29 is 42.9 Å². The Labute approximate surface area is 278 Å². The quantitative estimate of drug-likeness (QED) is 0.221. The average Bonchev–Trinajstić information content (AvgIpc) is 3.04. The van der Waals surface area contributed by atoms with Crippen LogP contribution in [-0.2, 0) is 36.8 Å². The zero-order valence-electron chi connectivity index (χ0n) is 28.0. The molecule has 2 unspecified atom stereocenters. The standard InChI is InChI=1S/C35H42FN3O9/c1-7-37-19-26(31(41)42)30(40)25-17-27(36)29(18-28(25)37)38-12-14-39(15-13-38)35(45)48-34(33(44)46-21(4)5)47-32(43)22(6)24-10-8-23(9-11-24)16-20(2)3/h8-11,17-22,34H,7,12-16H2,1-6H3,(H,41,42). The number of piperazine rings is 1. The smallest absolute Gasteiger partial charge is 0.413 e. The lowest BCUT2D eigenvalue weighted by molar-refractivity contribution is -0.195. The van der Waals surface area contributed by atoms with Gasteiger partial charge >= 0.3 is 30.3 Å². The van der Waals surface area contributed by atoms with Gasteiger partial charge in [0.05, 0.1) is 23.2 Å². The topological polar surface area (TPSA) is 145 Å². The van der Waals surface area contributed by atoms with E-state index in [0.717, 1.165) is 18.1 Å². The van der Waals surface area contributed by atoms with Crippen molar-refractivity contribution in [3.63, 3.8) is 0 Å². The number of amides is 1. The highest BCUT2D eigenvalue weighted by Gasteiger charge is 2.34. The monoisotopic (exact) mass is 667 g/mol. The van der Waals surface area contributed by atoms with Gasteiger partial charge in [0.25, 0.3) is 0 Å². The number of carboxylic acids is 1. The first-order chi connectivity index (χ1) is 22.7. The van der Waals surface area contributed by atoms with Gasteiger partial charge < -0.3 is 33.7 Å². The van der Waals surface area contributed by atoms with Gasteiger partial charge in [-0.3, -0.25) is 9.59 Å². The molecule has 1 aromatic heterocycles. The van der Waals surface area contributed by atoms with Crippen LogP contribution in [0.25, 0.3) is 10.9 Å². The molecule has 2 atom stereocenters. The van der Waals surface area contributed by atoms with Crippen molar-refractivity contribution in [3.05, 3.63) is 75.3 Å². The van der Waals surface area contributed by atoms with Crippen LogP contribution in [0.2, 0.25) is 0 Å².